The maximum Gasteiger partial charge on any atom is 0.212 e. The van der Waals surface area contributed by atoms with Gasteiger partial charge in [-0.25, -0.2) is 22.8 Å². The predicted molar refractivity (Wildman–Crippen MR) is 416 cm³/mol. The fraction of sp³-hybridized carbons (Fsp3) is 0.389. The first-order chi connectivity index (χ1) is 48.0. The molecule has 0 spiro atoms. The number of nitrogens with zero attached hydrogens (tertiary/aromatic N) is 5. The van der Waals surface area contributed by atoms with Gasteiger partial charge in [0.25, 0.3) is 0 Å². The highest BCUT2D eigenvalue weighted by Crippen LogP contribution is 2.29. The SMILES string of the molecule is C.C.C.C.C.Cc1ccccc1-c1ccc(CC(C)C)c[n+]1C.[2H]C(C)(C)c1c[n+](C)c(-c2ccccc2C)cc1C.[2H]C([2H])([2H])c1c[n+](C)c(-c2ccccc2C)cc1C([2H])(C)C.[2H]C([2H])([2H])c1c[n+](C)c(-c2ccccc2C)cc1C([2H])(C)C([2H])([2H])[2H].[2H]C([2H])(c1ccc(-c2ccccc2C)[n+](C)c1)C(C)C. The van der Waals surface area contributed by atoms with Crippen molar-refractivity contribution in [2.45, 2.75) is 192 Å². The molecule has 0 fully saturated rings. The number of hydrogen-bond acceptors (Lipinski definition) is 0. The molecule has 0 amide bonds. The Bertz CT molecular complexity index is 4610. The summed E-state index contributed by atoms with van der Waals surface area (Å²) in [7, 11) is 9.72. The van der Waals surface area contributed by atoms with Crippen molar-refractivity contribution in [3.05, 3.63) is 267 Å². The van der Waals surface area contributed by atoms with Crippen LogP contribution in [0.3, 0.4) is 0 Å². The number of aryl methyl sites for hydroxylation is 13. The van der Waals surface area contributed by atoms with Gasteiger partial charge in [0, 0.05) is 105 Å². The molecule has 0 radical (unpaired) electrons. The molecular formula is C90H130N5+5. The standard InChI is InChI=1S/5C17H22N.5CH4/c2*1-12(2)16-10-17(18(5)11-14(16)4)15-9-7-6-8-13(15)3;1-12(2)16-11-18(5)17(10-14(16)4)15-9-7-6-8-13(15)3;2*1-13(2)11-15-9-10-17(18(4)12-15)16-8-6-5-7-14(16)3;;;;;/h3*6-12H,1-5H3;2*5-10,12-13H,11H2,1-4H3;5*1H4/q5*+1;;;;;/i1D3,4D3,12D;4D3,12D;12D;11D2;;;;;;. The third-order valence-electron chi connectivity index (χ3n) is 16.0. The van der Waals surface area contributed by atoms with Gasteiger partial charge in [0.05, 0.1) is 0 Å². The first-order valence-electron chi connectivity index (χ1n) is 38.4. The minimum Gasteiger partial charge on any atom is -0.201 e. The van der Waals surface area contributed by atoms with Crippen LogP contribution in [-0.4, -0.2) is 0 Å². The first-order valence-corrected chi connectivity index (χ1v) is 31.4. The first kappa shape index (κ1) is 62.9. The Labute approximate surface area is 602 Å². The lowest BCUT2D eigenvalue weighted by molar-refractivity contribution is -0.661. The smallest absolute Gasteiger partial charge is 0.201 e. The molecule has 5 nitrogen and oxygen atoms in total. The Hall–Kier alpha value is -8.15. The third kappa shape index (κ3) is 23.3. The average molecular weight is 1300 g/mol. The zero-order valence-corrected chi connectivity index (χ0v) is 57.6. The second kappa shape index (κ2) is 39.7. The lowest BCUT2D eigenvalue weighted by Crippen LogP contribution is -2.32. The summed E-state index contributed by atoms with van der Waals surface area (Å²) in [6, 6.07) is 54.7. The second-order valence-corrected chi connectivity index (χ2v) is 25.1. The normalized spacial score (nSPS) is 14.0. The topological polar surface area (TPSA) is 19.4 Å². The summed E-state index contributed by atoms with van der Waals surface area (Å²) in [6.45, 7) is 21.9. The van der Waals surface area contributed by atoms with Crippen LogP contribution >= 0.6 is 0 Å². The monoisotopic (exact) mass is 1300 g/mol. The van der Waals surface area contributed by atoms with Gasteiger partial charge in [-0.15, -0.1) is 0 Å². The zero-order chi connectivity index (χ0) is 78.2. The van der Waals surface area contributed by atoms with Crippen molar-refractivity contribution < 1.29 is 42.0 Å². The van der Waals surface area contributed by atoms with Gasteiger partial charge in [0.2, 0.25) is 28.5 Å². The van der Waals surface area contributed by atoms with E-state index < -0.39 is 44.6 Å². The fourth-order valence-electron chi connectivity index (χ4n) is 11.2. The second-order valence-electron chi connectivity index (χ2n) is 25.1. The van der Waals surface area contributed by atoms with Crippen LogP contribution in [0.1, 0.15) is 215 Å². The van der Waals surface area contributed by atoms with Gasteiger partial charge in [-0.2, -0.15) is 0 Å². The molecule has 5 aromatic carbocycles. The van der Waals surface area contributed by atoms with Gasteiger partial charge < -0.3 is 0 Å². The molecule has 5 heterocycles. The van der Waals surface area contributed by atoms with E-state index in [1.54, 1.807) is 31.7 Å². The van der Waals surface area contributed by atoms with Gasteiger partial charge in [-0.05, 0) is 185 Å². The number of hydrogen-bond donors (Lipinski definition) is 0. The Morgan fingerprint density at radius 1 is 0.316 bits per heavy atom. The van der Waals surface area contributed by atoms with E-state index >= 15 is 0 Å². The van der Waals surface area contributed by atoms with E-state index in [0.29, 0.717) is 17.2 Å². The number of benzene rings is 5. The lowest BCUT2D eigenvalue weighted by atomic mass is 9.96. The van der Waals surface area contributed by atoms with Gasteiger partial charge in [0.1, 0.15) is 35.2 Å². The highest BCUT2D eigenvalue weighted by Gasteiger charge is 2.21. The maximum atomic E-state index is 8.40. The van der Waals surface area contributed by atoms with Crippen molar-refractivity contribution in [1.82, 2.24) is 0 Å². The zero-order valence-electron chi connectivity index (χ0n) is 71.6. The van der Waals surface area contributed by atoms with E-state index in [1.165, 1.54) is 75.1 Å². The quantitative estimate of drug-likeness (QED) is 0.109. The van der Waals surface area contributed by atoms with Crippen molar-refractivity contribution in [3.63, 3.8) is 0 Å². The maximum absolute atomic E-state index is 8.40. The van der Waals surface area contributed by atoms with Crippen LogP contribution in [0.2, 0.25) is 0 Å². The highest BCUT2D eigenvalue weighted by molar-refractivity contribution is 5.65. The molecule has 5 aromatic heterocycles. The summed E-state index contributed by atoms with van der Waals surface area (Å²) in [5.41, 5.74) is 21.8. The Morgan fingerprint density at radius 3 is 0.937 bits per heavy atom. The number of rotatable bonds is 12. The van der Waals surface area contributed by atoms with Crippen LogP contribution in [0.4, 0.5) is 0 Å². The molecule has 1 atom stereocenters. The highest BCUT2D eigenvalue weighted by atomic mass is 14.9. The van der Waals surface area contributed by atoms with E-state index in [9.17, 15) is 0 Å². The molecule has 0 bridgehead atoms. The predicted octanol–water partition coefficient (Wildman–Crippen LogP) is 22.3. The summed E-state index contributed by atoms with van der Waals surface area (Å²) in [6.07, 6.45) is 9.14. The summed E-state index contributed by atoms with van der Waals surface area (Å²) >= 11 is 0. The van der Waals surface area contributed by atoms with E-state index in [1.807, 2.05) is 150 Å². The van der Waals surface area contributed by atoms with Crippen LogP contribution in [0, 0.1) is 67.1 Å². The molecule has 0 saturated carbocycles. The number of aromatic nitrogens is 5. The van der Waals surface area contributed by atoms with Gasteiger partial charge in [0.15, 0.2) is 31.0 Å². The molecule has 0 aliphatic heterocycles. The summed E-state index contributed by atoms with van der Waals surface area (Å²) in [5, 5.41) is 0. The summed E-state index contributed by atoms with van der Waals surface area (Å²) in [5.74, 6) is -2.93. The molecular weight excluding hydrogens is 1150 g/mol. The van der Waals surface area contributed by atoms with Gasteiger partial charge >= 0.3 is 0 Å². The van der Waals surface area contributed by atoms with Crippen LogP contribution < -0.4 is 22.8 Å². The van der Waals surface area contributed by atoms with E-state index in [2.05, 4.69) is 156 Å². The van der Waals surface area contributed by atoms with Gasteiger partial charge in [-0.1, -0.05) is 197 Å². The molecule has 1 unspecified atom stereocenters. The minimum absolute atomic E-state index is 0. The van der Waals surface area contributed by atoms with Crippen LogP contribution in [0.25, 0.3) is 56.3 Å². The van der Waals surface area contributed by atoms with Crippen LogP contribution in [-0.2, 0) is 48.0 Å². The van der Waals surface area contributed by atoms with Crippen molar-refractivity contribution in [2.75, 3.05) is 0 Å². The molecule has 510 valence electrons. The molecule has 10 rings (SSSR count). The van der Waals surface area contributed by atoms with E-state index in [0.717, 1.165) is 51.2 Å². The average Bonchev–Trinajstić information content (AvgIpc) is 0.754. The lowest BCUT2D eigenvalue weighted by Gasteiger charge is -2.11. The fourth-order valence-corrected chi connectivity index (χ4v) is 11.2. The molecule has 0 saturated heterocycles. The van der Waals surface area contributed by atoms with E-state index in [-0.39, 0.29) is 59.7 Å². The van der Waals surface area contributed by atoms with Crippen molar-refractivity contribution in [1.29, 1.82) is 0 Å². The summed E-state index contributed by atoms with van der Waals surface area (Å²) < 4.78 is 121. The minimum atomic E-state index is -2.66. The van der Waals surface area contributed by atoms with Crippen LogP contribution in [0.15, 0.2) is 195 Å². The molecule has 95 heavy (non-hydrogen) atoms. The Balaban J connectivity index is 0.000000676. The van der Waals surface area contributed by atoms with Crippen LogP contribution in [0.5, 0.6) is 0 Å². The number of pyridine rings is 5. The molecule has 0 aliphatic carbocycles. The van der Waals surface area contributed by atoms with Crippen molar-refractivity contribution in [2.24, 2.45) is 47.1 Å². The Kier molecular flexibility index (Phi) is 26.3. The summed E-state index contributed by atoms with van der Waals surface area (Å²) in [4.78, 5) is 0. The molecule has 10 aromatic rings. The van der Waals surface area contributed by atoms with E-state index in [4.69, 9.17) is 19.2 Å². The van der Waals surface area contributed by atoms with Crippen molar-refractivity contribution >= 4 is 0 Å². The Morgan fingerprint density at radius 2 is 0.621 bits per heavy atom. The molecule has 0 aliphatic rings. The molecule has 5 heteroatoms. The van der Waals surface area contributed by atoms with Crippen molar-refractivity contribution in [3.8, 4) is 56.3 Å². The third-order valence-corrected chi connectivity index (χ3v) is 16.0. The van der Waals surface area contributed by atoms with Gasteiger partial charge in [-0.3, -0.25) is 0 Å². The molecule has 0 N–H and O–H groups in total. The largest absolute Gasteiger partial charge is 0.212 e.